The van der Waals surface area contributed by atoms with E-state index in [2.05, 4.69) is 25.9 Å². The lowest BCUT2D eigenvalue weighted by atomic mass is 10.1. The first-order chi connectivity index (χ1) is 9.65. The first-order valence-corrected chi connectivity index (χ1v) is 7.90. The monoisotopic (exact) mass is 352 g/mol. The molecule has 0 fully saturated rings. The lowest BCUT2D eigenvalue weighted by molar-refractivity contribution is 0.708. The van der Waals surface area contributed by atoms with Gasteiger partial charge in [0.25, 0.3) is 5.56 Å². The molecule has 1 aromatic carbocycles. The quantitative estimate of drug-likeness (QED) is 0.784. The lowest BCUT2D eigenvalue weighted by Gasteiger charge is -2.09. The molecule has 0 atom stereocenters. The Kier molecular flexibility index (Phi) is 3.94. The van der Waals surface area contributed by atoms with Crippen LogP contribution >= 0.6 is 27.5 Å². The highest BCUT2D eigenvalue weighted by Crippen LogP contribution is 2.29. The highest BCUT2D eigenvalue weighted by molar-refractivity contribution is 9.10. The van der Waals surface area contributed by atoms with Gasteiger partial charge < -0.3 is 4.98 Å². The minimum absolute atomic E-state index is 0.0251. The zero-order valence-electron chi connectivity index (χ0n) is 10.9. The molecule has 20 heavy (non-hydrogen) atoms. The molecular formula is C15H14BrClN2O. The normalized spacial score (nSPS) is 14.7. The molecule has 0 amide bonds. The number of halogens is 2. The standard InChI is InChI=1S/C15H14BrClN2O/c16-9-6-7-12(17)11(8-9)14-18-13-5-3-1-2-4-10(13)15(20)19-14/h6-8H,1-5H2,(H,18,19,20). The maximum atomic E-state index is 12.3. The molecule has 5 heteroatoms. The third-order valence-corrected chi connectivity index (χ3v) is 4.45. The van der Waals surface area contributed by atoms with Gasteiger partial charge in [-0.2, -0.15) is 0 Å². The Bertz CT molecular complexity index is 712. The van der Waals surface area contributed by atoms with Crippen molar-refractivity contribution < 1.29 is 0 Å². The molecule has 104 valence electrons. The highest BCUT2D eigenvalue weighted by atomic mass is 79.9. The Morgan fingerprint density at radius 2 is 2.00 bits per heavy atom. The molecule has 0 radical (unpaired) electrons. The van der Waals surface area contributed by atoms with Gasteiger partial charge in [-0.1, -0.05) is 34.0 Å². The molecule has 0 bridgehead atoms. The van der Waals surface area contributed by atoms with E-state index in [-0.39, 0.29) is 5.56 Å². The van der Waals surface area contributed by atoms with Crippen LogP contribution in [0.25, 0.3) is 11.4 Å². The maximum absolute atomic E-state index is 12.3. The molecule has 2 aromatic rings. The summed E-state index contributed by atoms with van der Waals surface area (Å²) >= 11 is 9.64. The van der Waals surface area contributed by atoms with Crippen LogP contribution in [0.4, 0.5) is 0 Å². The van der Waals surface area contributed by atoms with Crippen LogP contribution in [0.15, 0.2) is 27.5 Å². The Morgan fingerprint density at radius 3 is 2.85 bits per heavy atom. The summed E-state index contributed by atoms with van der Waals surface area (Å²) in [5.74, 6) is 0.557. The van der Waals surface area contributed by atoms with E-state index >= 15 is 0 Å². The summed E-state index contributed by atoms with van der Waals surface area (Å²) in [5, 5.41) is 0.588. The van der Waals surface area contributed by atoms with Crippen LogP contribution in [-0.2, 0) is 12.8 Å². The Morgan fingerprint density at radius 1 is 1.20 bits per heavy atom. The number of benzene rings is 1. The fraction of sp³-hybridized carbons (Fsp3) is 0.333. The van der Waals surface area contributed by atoms with Gasteiger partial charge in [0.2, 0.25) is 0 Å². The van der Waals surface area contributed by atoms with Crippen molar-refractivity contribution in [2.24, 2.45) is 0 Å². The van der Waals surface area contributed by atoms with Crippen LogP contribution < -0.4 is 5.56 Å². The molecule has 0 aliphatic heterocycles. The molecule has 0 saturated heterocycles. The molecule has 1 heterocycles. The van der Waals surface area contributed by atoms with Gasteiger partial charge in [-0.3, -0.25) is 4.79 Å². The Balaban J connectivity index is 2.16. The highest BCUT2D eigenvalue weighted by Gasteiger charge is 2.16. The van der Waals surface area contributed by atoms with Gasteiger partial charge >= 0.3 is 0 Å². The Hall–Kier alpha value is -1.13. The third kappa shape index (κ3) is 2.67. The SMILES string of the molecule is O=c1[nH]c(-c2cc(Br)ccc2Cl)nc2c1CCCCC2. The summed E-state index contributed by atoms with van der Waals surface area (Å²) in [6.45, 7) is 0. The van der Waals surface area contributed by atoms with Crippen molar-refractivity contribution in [3.05, 3.63) is 49.3 Å². The lowest BCUT2D eigenvalue weighted by Crippen LogP contribution is -2.18. The van der Waals surface area contributed by atoms with Crippen molar-refractivity contribution in [2.45, 2.75) is 32.1 Å². The van der Waals surface area contributed by atoms with Gasteiger partial charge in [-0.15, -0.1) is 0 Å². The molecule has 1 N–H and O–H groups in total. The number of aromatic amines is 1. The van der Waals surface area contributed by atoms with Gasteiger partial charge in [0.15, 0.2) is 0 Å². The minimum atomic E-state index is -0.0251. The smallest absolute Gasteiger partial charge is 0.254 e. The summed E-state index contributed by atoms with van der Waals surface area (Å²) in [7, 11) is 0. The molecule has 3 rings (SSSR count). The predicted molar refractivity (Wildman–Crippen MR) is 84.3 cm³/mol. The molecule has 0 spiro atoms. The van der Waals surface area contributed by atoms with Crippen LogP contribution in [0.3, 0.4) is 0 Å². The molecule has 1 aliphatic rings. The average molecular weight is 354 g/mol. The summed E-state index contributed by atoms with van der Waals surface area (Å²) < 4.78 is 0.912. The second-order valence-electron chi connectivity index (χ2n) is 5.02. The van der Waals surface area contributed by atoms with E-state index in [1.165, 1.54) is 0 Å². The second kappa shape index (κ2) is 5.70. The van der Waals surface area contributed by atoms with E-state index in [0.717, 1.165) is 53.4 Å². The minimum Gasteiger partial charge on any atom is -0.306 e. The van der Waals surface area contributed by atoms with Crippen molar-refractivity contribution >= 4 is 27.5 Å². The molecule has 0 unspecified atom stereocenters. The summed E-state index contributed by atoms with van der Waals surface area (Å²) in [5.41, 5.74) is 2.50. The van der Waals surface area contributed by atoms with Gasteiger partial charge in [0, 0.05) is 15.6 Å². The van der Waals surface area contributed by atoms with E-state index in [1.807, 2.05) is 12.1 Å². The van der Waals surface area contributed by atoms with E-state index < -0.39 is 0 Å². The van der Waals surface area contributed by atoms with Crippen molar-refractivity contribution in [1.29, 1.82) is 0 Å². The van der Waals surface area contributed by atoms with Crippen LogP contribution in [0, 0.1) is 0 Å². The molecule has 1 aliphatic carbocycles. The maximum Gasteiger partial charge on any atom is 0.254 e. The predicted octanol–water partition coefficient (Wildman–Crippen LogP) is 4.12. The third-order valence-electron chi connectivity index (χ3n) is 3.63. The first-order valence-electron chi connectivity index (χ1n) is 6.72. The molecule has 1 aromatic heterocycles. The van der Waals surface area contributed by atoms with Gasteiger partial charge in [0.05, 0.1) is 10.7 Å². The average Bonchev–Trinajstić information content (AvgIpc) is 2.67. The van der Waals surface area contributed by atoms with Gasteiger partial charge in [0.1, 0.15) is 5.82 Å². The number of hydrogen-bond donors (Lipinski definition) is 1. The number of nitrogens with one attached hydrogen (secondary N) is 1. The van der Waals surface area contributed by atoms with E-state index in [0.29, 0.717) is 10.8 Å². The largest absolute Gasteiger partial charge is 0.306 e. The van der Waals surface area contributed by atoms with Crippen LogP contribution in [0.2, 0.25) is 5.02 Å². The van der Waals surface area contributed by atoms with Crippen LogP contribution in [-0.4, -0.2) is 9.97 Å². The number of rotatable bonds is 1. The Labute approximate surface area is 130 Å². The van der Waals surface area contributed by atoms with Crippen LogP contribution in [0.5, 0.6) is 0 Å². The zero-order valence-corrected chi connectivity index (χ0v) is 13.2. The summed E-state index contributed by atoms with van der Waals surface area (Å²) in [6.07, 6.45) is 5.01. The number of aromatic nitrogens is 2. The number of H-pyrrole nitrogens is 1. The van der Waals surface area contributed by atoms with E-state index in [1.54, 1.807) is 6.07 Å². The van der Waals surface area contributed by atoms with Gasteiger partial charge in [-0.05, 0) is 43.9 Å². The second-order valence-corrected chi connectivity index (χ2v) is 6.35. The van der Waals surface area contributed by atoms with Gasteiger partial charge in [-0.25, -0.2) is 4.98 Å². The topological polar surface area (TPSA) is 45.8 Å². The number of aryl methyl sites for hydroxylation is 1. The summed E-state index contributed by atoms with van der Waals surface area (Å²) in [6, 6.07) is 5.55. The first kappa shape index (κ1) is 13.8. The van der Waals surface area contributed by atoms with E-state index in [4.69, 9.17) is 11.6 Å². The summed E-state index contributed by atoms with van der Waals surface area (Å²) in [4.78, 5) is 19.8. The molecule has 0 saturated carbocycles. The number of nitrogens with zero attached hydrogens (tertiary/aromatic N) is 1. The fourth-order valence-corrected chi connectivity index (χ4v) is 3.15. The van der Waals surface area contributed by atoms with Crippen molar-refractivity contribution in [3.63, 3.8) is 0 Å². The van der Waals surface area contributed by atoms with Crippen LogP contribution in [0.1, 0.15) is 30.5 Å². The molecule has 3 nitrogen and oxygen atoms in total. The fourth-order valence-electron chi connectivity index (χ4n) is 2.59. The zero-order chi connectivity index (χ0) is 14.1. The van der Waals surface area contributed by atoms with Crippen molar-refractivity contribution in [1.82, 2.24) is 9.97 Å². The number of fused-ring (bicyclic) bond motifs is 1. The van der Waals surface area contributed by atoms with Crippen molar-refractivity contribution in [2.75, 3.05) is 0 Å². The van der Waals surface area contributed by atoms with E-state index in [9.17, 15) is 4.79 Å². The number of hydrogen-bond acceptors (Lipinski definition) is 2. The molecular weight excluding hydrogens is 340 g/mol. The van der Waals surface area contributed by atoms with Crippen molar-refractivity contribution in [3.8, 4) is 11.4 Å².